The van der Waals surface area contributed by atoms with E-state index in [1.54, 1.807) is 48.0 Å². The van der Waals surface area contributed by atoms with Gasteiger partial charge in [0, 0.05) is 33.1 Å². The standard InChI is InChI=1S/C31H30Cl4N4O6/c1-3-43-24(40)9-5-17-12-39(29-25(17)28(36)37-16-38-29)30-26(41)27(44-13-18-4-7-20(32)10-22(18)34)23(45-30)15-42-14-19-6-8-21(33)11-31(19,2)35/h4,6-8,10-12,16,19,23,26-27,30,41H,3,13-15H2,1-2H3,(H2,36,37,38)/t19?,23-,26-,27-,30-,31?/m1/s1. The quantitative estimate of drug-likeness (QED) is 0.172. The van der Waals surface area contributed by atoms with Crippen LogP contribution in [0.1, 0.15) is 31.2 Å². The first kappa shape index (κ1) is 33.5. The molecule has 1 aliphatic heterocycles. The number of carbonyl (C=O) groups is 1. The fourth-order valence-corrected chi connectivity index (χ4v) is 6.22. The van der Waals surface area contributed by atoms with Crippen molar-refractivity contribution in [1.82, 2.24) is 14.5 Å². The number of nitrogens with two attached hydrogens (primary N) is 1. The number of nitrogen functional groups attached to an aromatic ring is 1. The molecule has 1 fully saturated rings. The number of aromatic nitrogens is 3. The van der Waals surface area contributed by atoms with Crippen molar-refractivity contribution in [3.05, 3.63) is 75.2 Å². The number of benzene rings is 1. The summed E-state index contributed by atoms with van der Waals surface area (Å²) in [7, 11) is 0. The Labute approximate surface area is 280 Å². The van der Waals surface area contributed by atoms with Crippen molar-refractivity contribution >= 4 is 69.2 Å². The van der Waals surface area contributed by atoms with Gasteiger partial charge in [-0.15, -0.1) is 11.6 Å². The summed E-state index contributed by atoms with van der Waals surface area (Å²) >= 11 is 25.3. The highest BCUT2D eigenvalue weighted by Gasteiger charge is 2.46. The van der Waals surface area contributed by atoms with Crippen LogP contribution in [0.4, 0.5) is 5.82 Å². The van der Waals surface area contributed by atoms with Crippen LogP contribution in [0.5, 0.6) is 0 Å². The first-order chi connectivity index (χ1) is 21.5. The predicted octanol–water partition coefficient (Wildman–Crippen LogP) is 5.40. The third-order valence-electron chi connectivity index (χ3n) is 7.46. The summed E-state index contributed by atoms with van der Waals surface area (Å²) in [6, 6.07) is 5.07. The van der Waals surface area contributed by atoms with Crippen LogP contribution in [-0.4, -0.2) is 68.6 Å². The maximum absolute atomic E-state index is 11.9. The molecule has 2 aliphatic rings. The van der Waals surface area contributed by atoms with E-state index in [1.165, 1.54) is 6.33 Å². The van der Waals surface area contributed by atoms with Crippen molar-refractivity contribution in [2.45, 2.75) is 49.9 Å². The van der Waals surface area contributed by atoms with E-state index in [0.29, 0.717) is 37.2 Å². The van der Waals surface area contributed by atoms with E-state index in [9.17, 15) is 9.90 Å². The molecular weight excluding hydrogens is 666 g/mol. The molecule has 1 aromatic carbocycles. The van der Waals surface area contributed by atoms with E-state index in [0.717, 1.165) is 0 Å². The highest BCUT2D eigenvalue weighted by Crippen LogP contribution is 2.38. The highest BCUT2D eigenvalue weighted by molar-refractivity contribution is 6.35. The molecule has 0 radical (unpaired) electrons. The second kappa shape index (κ2) is 14.3. The Bertz CT molecular complexity index is 1700. The van der Waals surface area contributed by atoms with Gasteiger partial charge in [-0.1, -0.05) is 52.9 Å². The van der Waals surface area contributed by atoms with Gasteiger partial charge in [-0.2, -0.15) is 0 Å². The smallest absolute Gasteiger partial charge is 0.384 e. The number of allylic oxidation sites excluding steroid dienone is 3. The zero-order chi connectivity index (χ0) is 32.3. The number of halogens is 4. The van der Waals surface area contributed by atoms with Crippen molar-refractivity contribution in [2.24, 2.45) is 5.92 Å². The van der Waals surface area contributed by atoms with Gasteiger partial charge < -0.3 is 34.4 Å². The Hall–Kier alpha value is -2.85. The molecule has 3 N–H and O–H groups in total. The number of alkyl halides is 1. The minimum atomic E-state index is -1.20. The van der Waals surface area contributed by atoms with Crippen LogP contribution in [0.2, 0.25) is 10.0 Å². The van der Waals surface area contributed by atoms with Crippen molar-refractivity contribution in [1.29, 1.82) is 0 Å². The van der Waals surface area contributed by atoms with Crippen molar-refractivity contribution in [3.63, 3.8) is 0 Å². The van der Waals surface area contributed by atoms with Crippen LogP contribution in [0.15, 0.2) is 54.0 Å². The Morgan fingerprint density at radius 2 is 2.04 bits per heavy atom. The normalized spacial score (nSPS) is 26.0. The van der Waals surface area contributed by atoms with Gasteiger partial charge in [-0.05, 0) is 43.7 Å². The molecule has 3 aromatic rings. The molecule has 0 saturated carbocycles. The molecule has 0 spiro atoms. The fraction of sp³-hybridized carbons (Fsp3) is 0.387. The lowest BCUT2D eigenvalue weighted by Gasteiger charge is -2.30. The van der Waals surface area contributed by atoms with Gasteiger partial charge in [0.05, 0.1) is 42.3 Å². The number of hydrogen-bond acceptors (Lipinski definition) is 9. The predicted molar refractivity (Wildman–Crippen MR) is 172 cm³/mol. The molecule has 6 atom stereocenters. The van der Waals surface area contributed by atoms with Crippen molar-refractivity contribution < 1.29 is 28.8 Å². The maximum atomic E-state index is 11.9. The molecule has 1 saturated heterocycles. The summed E-state index contributed by atoms with van der Waals surface area (Å²) in [5.41, 5.74) is 7.55. The number of fused-ring (bicyclic) bond motifs is 1. The molecule has 14 heteroatoms. The van der Waals surface area contributed by atoms with E-state index >= 15 is 0 Å². The van der Waals surface area contributed by atoms with Gasteiger partial charge in [-0.25, -0.2) is 14.8 Å². The number of aliphatic hydroxyl groups is 1. The fourth-order valence-electron chi connectivity index (χ4n) is 5.15. The SMILES string of the molecule is CCOC(=O)C#Cc1cn([C@@H]2O[C@H](COCC3C=CC(Cl)=CC3(C)Cl)[C@@H](OCc3ccc(Cl)cc3Cl)[C@H]2O)c2ncnc(N)c12. The van der Waals surface area contributed by atoms with E-state index < -0.39 is 35.4 Å². The third-order valence-corrected chi connectivity index (χ3v) is 8.67. The van der Waals surface area contributed by atoms with Crippen LogP contribution in [0.25, 0.3) is 11.0 Å². The van der Waals surface area contributed by atoms with Gasteiger partial charge >= 0.3 is 5.97 Å². The molecule has 3 heterocycles. The third kappa shape index (κ3) is 7.59. The number of esters is 1. The van der Waals surface area contributed by atoms with E-state index in [2.05, 4.69) is 21.8 Å². The average molecular weight is 696 g/mol. The number of nitrogens with zero attached hydrogens (tertiary/aromatic N) is 3. The van der Waals surface area contributed by atoms with Gasteiger partial charge in [0.25, 0.3) is 0 Å². The maximum Gasteiger partial charge on any atom is 0.384 e. The largest absolute Gasteiger partial charge is 0.456 e. The molecule has 1 aliphatic carbocycles. The molecule has 45 heavy (non-hydrogen) atoms. The zero-order valence-corrected chi connectivity index (χ0v) is 27.3. The summed E-state index contributed by atoms with van der Waals surface area (Å²) in [5, 5.41) is 13.5. The number of ether oxygens (including phenoxy) is 4. The van der Waals surface area contributed by atoms with E-state index in [4.69, 9.17) is 71.1 Å². The Balaban J connectivity index is 1.42. The Morgan fingerprint density at radius 3 is 2.78 bits per heavy atom. The van der Waals surface area contributed by atoms with Crippen LogP contribution in [0, 0.1) is 17.8 Å². The molecule has 2 unspecified atom stereocenters. The Kier molecular flexibility index (Phi) is 10.6. The van der Waals surface area contributed by atoms with Crippen LogP contribution in [-0.2, 0) is 30.3 Å². The molecule has 0 amide bonds. The van der Waals surface area contributed by atoms with Gasteiger partial charge in [0.2, 0.25) is 0 Å². The number of aliphatic hydroxyl groups excluding tert-OH is 1. The average Bonchev–Trinajstić information content (AvgIpc) is 3.50. The summed E-state index contributed by atoms with van der Waals surface area (Å²) in [4.78, 5) is 19.6. The molecule has 238 valence electrons. The number of rotatable bonds is 9. The molecular formula is C31H30Cl4N4O6. The van der Waals surface area contributed by atoms with Crippen molar-refractivity contribution in [2.75, 3.05) is 25.6 Å². The minimum absolute atomic E-state index is 0.0627. The van der Waals surface area contributed by atoms with Gasteiger partial charge in [0.15, 0.2) is 6.23 Å². The van der Waals surface area contributed by atoms with E-state index in [-0.39, 0.29) is 38.2 Å². The second-order valence-electron chi connectivity index (χ2n) is 10.6. The minimum Gasteiger partial charge on any atom is -0.456 e. The topological polar surface area (TPSA) is 131 Å². The monoisotopic (exact) mass is 694 g/mol. The number of carbonyl (C=O) groups excluding carboxylic acids is 1. The van der Waals surface area contributed by atoms with Crippen LogP contribution < -0.4 is 5.73 Å². The number of anilines is 1. The van der Waals surface area contributed by atoms with Crippen LogP contribution >= 0.6 is 46.4 Å². The van der Waals surface area contributed by atoms with Gasteiger partial charge in [-0.3, -0.25) is 0 Å². The summed E-state index contributed by atoms with van der Waals surface area (Å²) in [5.74, 6) is 4.49. The van der Waals surface area contributed by atoms with Crippen LogP contribution in [0.3, 0.4) is 0 Å². The lowest BCUT2D eigenvalue weighted by molar-refractivity contribution is -0.136. The molecule has 10 nitrogen and oxygen atoms in total. The Morgan fingerprint density at radius 1 is 1.24 bits per heavy atom. The lowest BCUT2D eigenvalue weighted by atomic mass is 9.90. The molecule has 0 bridgehead atoms. The number of hydrogen-bond donors (Lipinski definition) is 2. The second-order valence-corrected chi connectivity index (χ2v) is 12.7. The summed E-state index contributed by atoms with van der Waals surface area (Å²) < 4.78 is 25.2. The first-order valence-electron chi connectivity index (χ1n) is 14.0. The first-order valence-corrected chi connectivity index (χ1v) is 15.5. The van der Waals surface area contributed by atoms with E-state index in [1.807, 2.05) is 13.0 Å². The lowest BCUT2D eigenvalue weighted by Crippen LogP contribution is -2.38. The summed E-state index contributed by atoms with van der Waals surface area (Å²) in [6.45, 7) is 4.11. The molecule has 2 aromatic heterocycles. The highest BCUT2D eigenvalue weighted by atomic mass is 35.5. The molecule has 5 rings (SSSR count). The van der Waals surface area contributed by atoms with Gasteiger partial charge in [0.1, 0.15) is 36.1 Å². The summed E-state index contributed by atoms with van der Waals surface area (Å²) in [6.07, 6.45) is 4.55. The zero-order valence-electron chi connectivity index (χ0n) is 24.3. The van der Waals surface area contributed by atoms with Crippen molar-refractivity contribution in [3.8, 4) is 11.8 Å².